The number of thioether (sulfide) groups is 1. The third-order valence-corrected chi connectivity index (χ3v) is 4.11. The lowest BCUT2D eigenvalue weighted by Gasteiger charge is -2.14. The standard InChI is InChI=1S/C17H16N2OS/c1-19(2)17(20)15-9-8-14(11-18)10-16(15)21-12-13-6-4-3-5-7-13/h3-10H,12H2,1-2H3. The van der Waals surface area contributed by atoms with E-state index in [0.29, 0.717) is 11.1 Å². The lowest BCUT2D eigenvalue weighted by Crippen LogP contribution is -2.22. The fraction of sp³-hybridized carbons (Fsp3) is 0.176. The molecule has 2 aromatic rings. The molecular formula is C17H16N2OS. The zero-order valence-electron chi connectivity index (χ0n) is 12.0. The summed E-state index contributed by atoms with van der Waals surface area (Å²) in [6, 6.07) is 17.4. The fourth-order valence-corrected chi connectivity index (χ4v) is 2.90. The van der Waals surface area contributed by atoms with Gasteiger partial charge >= 0.3 is 0 Å². The highest BCUT2D eigenvalue weighted by molar-refractivity contribution is 7.98. The largest absolute Gasteiger partial charge is 0.345 e. The van der Waals surface area contributed by atoms with Crippen LogP contribution >= 0.6 is 11.8 Å². The normalized spacial score (nSPS) is 9.95. The van der Waals surface area contributed by atoms with Crippen molar-refractivity contribution in [1.82, 2.24) is 4.90 Å². The van der Waals surface area contributed by atoms with Gasteiger partial charge in [-0.25, -0.2) is 0 Å². The van der Waals surface area contributed by atoms with Crippen LogP contribution in [0.25, 0.3) is 0 Å². The van der Waals surface area contributed by atoms with E-state index in [1.807, 2.05) is 18.2 Å². The van der Waals surface area contributed by atoms with Gasteiger partial charge in [0.25, 0.3) is 5.91 Å². The molecule has 0 bridgehead atoms. The summed E-state index contributed by atoms with van der Waals surface area (Å²) in [5.74, 6) is 0.721. The topological polar surface area (TPSA) is 44.1 Å². The van der Waals surface area contributed by atoms with Gasteiger partial charge < -0.3 is 4.90 Å². The van der Waals surface area contributed by atoms with Crippen molar-refractivity contribution in [2.75, 3.05) is 14.1 Å². The summed E-state index contributed by atoms with van der Waals surface area (Å²) in [4.78, 5) is 14.6. The van der Waals surface area contributed by atoms with E-state index in [1.165, 1.54) is 5.56 Å². The number of carbonyl (C=O) groups is 1. The van der Waals surface area contributed by atoms with E-state index < -0.39 is 0 Å². The Hall–Kier alpha value is -2.25. The van der Waals surface area contributed by atoms with Crippen LogP contribution in [0.1, 0.15) is 21.5 Å². The van der Waals surface area contributed by atoms with Crippen molar-refractivity contribution in [3.63, 3.8) is 0 Å². The SMILES string of the molecule is CN(C)C(=O)c1ccc(C#N)cc1SCc1ccccc1. The van der Waals surface area contributed by atoms with Crippen LogP contribution in [0.15, 0.2) is 53.4 Å². The molecular weight excluding hydrogens is 280 g/mol. The zero-order chi connectivity index (χ0) is 15.2. The molecule has 0 aliphatic rings. The minimum Gasteiger partial charge on any atom is -0.345 e. The average Bonchev–Trinajstić information content (AvgIpc) is 2.52. The summed E-state index contributed by atoms with van der Waals surface area (Å²) in [5.41, 5.74) is 2.40. The molecule has 0 heterocycles. The summed E-state index contributed by atoms with van der Waals surface area (Å²) in [7, 11) is 3.46. The Morgan fingerprint density at radius 2 is 1.90 bits per heavy atom. The molecule has 0 fully saturated rings. The Bertz CT molecular complexity index is 675. The van der Waals surface area contributed by atoms with Crippen LogP contribution in [0.2, 0.25) is 0 Å². The first-order valence-corrected chi connectivity index (χ1v) is 7.53. The van der Waals surface area contributed by atoms with Crippen molar-refractivity contribution in [3.8, 4) is 6.07 Å². The molecule has 2 rings (SSSR count). The van der Waals surface area contributed by atoms with E-state index in [2.05, 4.69) is 18.2 Å². The number of nitrogens with zero attached hydrogens (tertiary/aromatic N) is 2. The van der Waals surface area contributed by atoms with Gasteiger partial charge in [-0.05, 0) is 23.8 Å². The highest BCUT2D eigenvalue weighted by Crippen LogP contribution is 2.28. The molecule has 0 spiro atoms. The molecule has 0 saturated heterocycles. The van der Waals surface area contributed by atoms with Gasteiger partial charge in [-0.1, -0.05) is 30.3 Å². The van der Waals surface area contributed by atoms with Crippen molar-refractivity contribution < 1.29 is 4.79 Å². The molecule has 3 nitrogen and oxygen atoms in total. The molecule has 2 aromatic carbocycles. The van der Waals surface area contributed by atoms with Crippen LogP contribution in [-0.4, -0.2) is 24.9 Å². The van der Waals surface area contributed by atoms with E-state index >= 15 is 0 Å². The zero-order valence-corrected chi connectivity index (χ0v) is 12.9. The molecule has 0 aliphatic carbocycles. The van der Waals surface area contributed by atoms with Gasteiger partial charge in [-0.2, -0.15) is 5.26 Å². The molecule has 4 heteroatoms. The average molecular weight is 296 g/mol. The van der Waals surface area contributed by atoms with Gasteiger partial charge in [0.2, 0.25) is 0 Å². The summed E-state index contributed by atoms with van der Waals surface area (Å²) in [5, 5.41) is 9.03. The summed E-state index contributed by atoms with van der Waals surface area (Å²) in [6.45, 7) is 0. The van der Waals surface area contributed by atoms with Crippen molar-refractivity contribution in [3.05, 3.63) is 65.2 Å². The lowest BCUT2D eigenvalue weighted by molar-refractivity contribution is 0.0824. The predicted molar refractivity (Wildman–Crippen MR) is 85.2 cm³/mol. The molecule has 1 amide bonds. The number of benzene rings is 2. The van der Waals surface area contributed by atoms with Crippen LogP contribution in [0, 0.1) is 11.3 Å². The number of hydrogen-bond acceptors (Lipinski definition) is 3. The Morgan fingerprint density at radius 1 is 1.19 bits per heavy atom. The van der Waals surface area contributed by atoms with E-state index in [9.17, 15) is 4.79 Å². The van der Waals surface area contributed by atoms with Crippen molar-refractivity contribution in [1.29, 1.82) is 5.26 Å². The minimum absolute atomic E-state index is 0.0462. The highest BCUT2D eigenvalue weighted by Gasteiger charge is 2.14. The second-order valence-corrected chi connectivity index (χ2v) is 5.81. The number of hydrogen-bond donors (Lipinski definition) is 0. The maximum atomic E-state index is 12.2. The smallest absolute Gasteiger partial charge is 0.254 e. The molecule has 0 atom stereocenters. The van der Waals surface area contributed by atoms with Gasteiger partial charge in [0.1, 0.15) is 0 Å². The molecule has 21 heavy (non-hydrogen) atoms. The molecule has 106 valence electrons. The first-order valence-electron chi connectivity index (χ1n) is 6.54. The number of rotatable bonds is 4. The highest BCUT2D eigenvalue weighted by atomic mass is 32.2. The summed E-state index contributed by atoms with van der Waals surface area (Å²) < 4.78 is 0. The molecule has 0 aromatic heterocycles. The number of nitriles is 1. The van der Waals surface area contributed by atoms with Crippen LogP contribution in [0.4, 0.5) is 0 Å². The predicted octanol–water partition coefficient (Wildman–Crippen LogP) is 3.55. The maximum Gasteiger partial charge on any atom is 0.254 e. The summed E-state index contributed by atoms with van der Waals surface area (Å²) >= 11 is 1.58. The molecule has 0 radical (unpaired) electrons. The van der Waals surface area contributed by atoms with E-state index in [-0.39, 0.29) is 5.91 Å². The summed E-state index contributed by atoms with van der Waals surface area (Å²) in [6.07, 6.45) is 0. The molecule has 0 saturated carbocycles. The van der Waals surface area contributed by atoms with E-state index in [1.54, 1.807) is 49.0 Å². The molecule has 0 N–H and O–H groups in total. The third kappa shape index (κ3) is 3.87. The van der Waals surface area contributed by atoms with Crippen LogP contribution in [-0.2, 0) is 5.75 Å². The fourth-order valence-electron chi connectivity index (χ4n) is 1.86. The number of carbonyl (C=O) groups excluding carboxylic acids is 1. The van der Waals surface area contributed by atoms with Gasteiger partial charge in [0.05, 0.1) is 17.2 Å². The van der Waals surface area contributed by atoms with Crippen molar-refractivity contribution in [2.45, 2.75) is 10.6 Å². The first-order chi connectivity index (χ1) is 10.1. The monoisotopic (exact) mass is 296 g/mol. The number of amides is 1. The Balaban J connectivity index is 2.27. The van der Waals surface area contributed by atoms with Crippen LogP contribution in [0.5, 0.6) is 0 Å². The van der Waals surface area contributed by atoms with Gasteiger partial charge in [-0.3, -0.25) is 4.79 Å². The van der Waals surface area contributed by atoms with Crippen molar-refractivity contribution >= 4 is 17.7 Å². The Labute approximate surface area is 129 Å². The lowest BCUT2D eigenvalue weighted by atomic mass is 10.1. The second kappa shape index (κ2) is 6.96. The van der Waals surface area contributed by atoms with Gasteiger partial charge in [-0.15, -0.1) is 11.8 Å². The van der Waals surface area contributed by atoms with Crippen LogP contribution < -0.4 is 0 Å². The first kappa shape index (κ1) is 15.1. The van der Waals surface area contributed by atoms with Gasteiger partial charge in [0.15, 0.2) is 0 Å². The Kier molecular flexibility index (Phi) is 5.02. The maximum absolute atomic E-state index is 12.2. The third-order valence-electron chi connectivity index (χ3n) is 2.98. The van der Waals surface area contributed by atoms with Crippen LogP contribution in [0.3, 0.4) is 0 Å². The quantitative estimate of drug-likeness (QED) is 0.810. The molecule has 0 aliphatic heterocycles. The Morgan fingerprint density at radius 3 is 2.52 bits per heavy atom. The van der Waals surface area contributed by atoms with E-state index in [4.69, 9.17) is 5.26 Å². The van der Waals surface area contributed by atoms with Crippen molar-refractivity contribution in [2.24, 2.45) is 0 Å². The van der Waals surface area contributed by atoms with Gasteiger partial charge in [0, 0.05) is 24.7 Å². The molecule has 0 unspecified atom stereocenters. The second-order valence-electron chi connectivity index (χ2n) is 4.80. The van der Waals surface area contributed by atoms with E-state index in [0.717, 1.165) is 10.6 Å². The minimum atomic E-state index is -0.0462.